The van der Waals surface area contributed by atoms with E-state index in [9.17, 15) is 8.42 Å². The lowest BCUT2D eigenvalue weighted by atomic mass is 9.63. The molecule has 1 aromatic rings. The number of hydrogen-bond donors (Lipinski definition) is 1. The number of likely N-dealkylation sites (tertiary alicyclic amines) is 1. The zero-order valence-electron chi connectivity index (χ0n) is 14.5. The Bertz CT molecular complexity index is 714. The van der Waals surface area contributed by atoms with Crippen LogP contribution in [0.1, 0.15) is 50.5 Å². The molecule has 0 spiro atoms. The summed E-state index contributed by atoms with van der Waals surface area (Å²) in [7, 11) is -3.22. The lowest BCUT2D eigenvalue weighted by Gasteiger charge is -2.51. The monoisotopic (exact) mass is 348 g/mol. The van der Waals surface area contributed by atoms with Gasteiger partial charge < -0.3 is 4.90 Å². The maximum atomic E-state index is 11.5. The van der Waals surface area contributed by atoms with Crippen molar-refractivity contribution in [3.05, 3.63) is 29.8 Å². The summed E-state index contributed by atoms with van der Waals surface area (Å²) >= 11 is 0. The molecular weight excluding hydrogens is 320 g/mol. The summed E-state index contributed by atoms with van der Waals surface area (Å²) < 4.78 is 25.7. The van der Waals surface area contributed by atoms with Crippen molar-refractivity contribution in [1.29, 1.82) is 0 Å². The third-order valence-corrected chi connectivity index (χ3v) is 6.79. The molecular formula is C19H28N2O2S. The molecule has 1 aromatic carbocycles. The van der Waals surface area contributed by atoms with E-state index in [2.05, 4.69) is 21.8 Å². The molecule has 1 N–H and O–H groups in total. The summed E-state index contributed by atoms with van der Waals surface area (Å²) in [4.78, 5) is 2.74. The van der Waals surface area contributed by atoms with Crippen LogP contribution in [0.25, 0.3) is 0 Å². The summed E-state index contributed by atoms with van der Waals surface area (Å²) in [5.41, 5.74) is 2.27. The van der Waals surface area contributed by atoms with Crippen molar-refractivity contribution in [2.45, 2.75) is 56.4 Å². The van der Waals surface area contributed by atoms with Gasteiger partial charge in [-0.05, 0) is 74.1 Å². The summed E-state index contributed by atoms with van der Waals surface area (Å²) in [5, 5.41) is 0. The van der Waals surface area contributed by atoms with E-state index < -0.39 is 10.0 Å². The molecule has 0 radical (unpaired) electrons. The molecule has 3 fully saturated rings. The SMILES string of the molecule is CS(=O)(=O)Nc1cccc(C23CCCC(C2)N(CC2CC2)CC3)c1. The van der Waals surface area contributed by atoms with Gasteiger partial charge in [-0.1, -0.05) is 18.6 Å². The molecule has 2 atom stereocenters. The van der Waals surface area contributed by atoms with Gasteiger partial charge in [0.2, 0.25) is 10.0 Å². The minimum absolute atomic E-state index is 0.248. The second-order valence-electron chi connectivity index (χ2n) is 8.17. The fourth-order valence-electron chi connectivity index (χ4n) is 4.82. The Morgan fingerprint density at radius 3 is 2.83 bits per heavy atom. The van der Waals surface area contributed by atoms with Crippen LogP contribution < -0.4 is 4.72 Å². The Kier molecular flexibility index (Phi) is 4.12. The number of benzene rings is 1. The Morgan fingerprint density at radius 2 is 2.08 bits per heavy atom. The molecule has 2 bridgehead atoms. The number of piperidine rings is 1. The van der Waals surface area contributed by atoms with E-state index in [4.69, 9.17) is 0 Å². The van der Waals surface area contributed by atoms with Crippen LogP contribution in [-0.4, -0.2) is 38.7 Å². The average Bonchev–Trinajstić information content (AvgIpc) is 3.33. The van der Waals surface area contributed by atoms with E-state index in [0.717, 1.165) is 12.0 Å². The molecule has 4 rings (SSSR count). The summed E-state index contributed by atoms with van der Waals surface area (Å²) in [5.74, 6) is 0.960. The van der Waals surface area contributed by atoms with Crippen molar-refractivity contribution < 1.29 is 8.42 Å². The minimum Gasteiger partial charge on any atom is -0.300 e. The van der Waals surface area contributed by atoms with E-state index in [1.54, 1.807) is 0 Å². The van der Waals surface area contributed by atoms with E-state index in [0.29, 0.717) is 5.69 Å². The van der Waals surface area contributed by atoms with Gasteiger partial charge >= 0.3 is 0 Å². The Balaban J connectivity index is 1.55. The maximum Gasteiger partial charge on any atom is 0.229 e. The minimum atomic E-state index is -3.22. The largest absolute Gasteiger partial charge is 0.300 e. The highest BCUT2D eigenvalue weighted by molar-refractivity contribution is 7.92. The number of anilines is 1. The highest BCUT2D eigenvalue weighted by atomic mass is 32.2. The summed E-state index contributed by atoms with van der Waals surface area (Å²) in [6.45, 7) is 2.50. The van der Waals surface area contributed by atoms with Crippen molar-refractivity contribution in [2.24, 2.45) is 5.92 Å². The molecule has 1 heterocycles. The van der Waals surface area contributed by atoms with Crippen LogP contribution in [0.3, 0.4) is 0 Å². The van der Waals surface area contributed by atoms with Crippen LogP contribution in [0.2, 0.25) is 0 Å². The Morgan fingerprint density at radius 1 is 1.25 bits per heavy atom. The summed E-state index contributed by atoms with van der Waals surface area (Å²) in [6, 6.07) is 8.84. The molecule has 1 saturated heterocycles. The quantitative estimate of drug-likeness (QED) is 0.888. The number of nitrogens with zero attached hydrogens (tertiary/aromatic N) is 1. The molecule has 3 aliphatic rings. The van der Waals surface area contributed by atoms with E-state index in [1.807, 2.05) is 12.1 Å². The highest BCUT2D eigenvalue weighted by Gasteiger charge is 2.44. The molecule has 2 unspecified atom stereocenters. The molecule has 4 nitrogen and oxygen atoms in total. The van der Waals surface area contributed by atoms with E-state index in [1.165, 1.54) is 69.9 Å². The Hall–Kier alpha value is -1.07. The van der Waals surface area contributed by atoms with Gasteiger partial charge in [0, 0.05) is 18.3 Å². The fraction of sp³-hybridized carbons (Fsp3) is 0.684. The molecule has 24 heavy (non-hydrogen) atoms. The van der Waals surface area contributed by atoms with Crippen LogP contribution in [-0.2, 0) is 15.4 Å². The van der Waals surface area contributed by atoms with Crippen LogP contribution in [0, 0.1) is 5.92 Å². The number of nitrogens with one attached hydrogen (secondary N) is 1. The fourth-order valence-corrected chi connectivity index (χ4v) is 5.37. The number of fused-ring (bicyclic) bond motifs is 2. The molecule has 2 aliphatic carbocycles. The van der Waals surface area contributed by atoms with Gasteiger partial charge in [0.05, 0.1) is 6.26 Å². The van der Waals surface area contributed by atoms with E-state index in [-0.39, 0.29) is 5.41 Å². The number of sulfonamides is 1. The van der Waals surface area contributed by atoms with Crippen LogP contribution in [0.5, 0.6) is 0 Å². The number of hydrogen-bond acceptors (Lipinski definition) is 3. The van der Waals surface area contributed by atoms with Crippen molar-refractivity contribution in [1.82, 2.24) is 4.90 Å². The molecule has 0 amide bonds. The average molecular weight is 349 g/mol. The van der Waals surface area contributed by atoms with Gasteiger partial charge in [0.15, 0.2) is 0 Å². The second kappa shape index (κ2) is 6.03. The van der Waals surface area contributed by atoms with E-state index >= 15 is 0 Å². The zero-order chi connectivity index (χ0) is 16.8. The van der Waals surface area contributed by atoms with Gasteiger partial charge in [-0.2, -0.15) is 0 Å². The summed E-state index contributed by atoms with van der Waals surface area (Å²) in [6.07, 6.45) is 10.4. The van der Waals surface area contributed by atoms with Gasteiger partial charge in [0.1, 0.15) is 0 Å². The first-order valence-electron chi connectivity index (χ1n) is 9.26. The lowest BCUT2D eigenvalue weighted by molar-refractivity contribution is 0.0483. The first-order valence-corrected chi connectivity index (χ1v) is 11.2. The highest BCUT2D eigenvalue weighted by Crippen LogP contribution is 2.48. The van der Waals surface area contributed by atoms with Crippen molar-refractivity contribution in [3.63, 3.8) is 0 Å². The van der Waals surface area contributed by atoms with Crippen molar-refractivity contribution >= 4 is 15.7 Å². The molecule has 1 aliphatic heterocycles. The smallest absolute Gasteiger partial charge is 0.229 e. The maximum absolute atomic E-state index is 11.5. The topological polar surface area (TPSA) is 49.4 Å². The predicted octanol–water partition coefficient (Wildman–Crippen LogP) is 3.35. The first kappa shape index (κ1) is 16.4. The second-order valence-corrected chi connectivity index (χ2v) is 9.92. The van der Waals surface area contributed by atoms with Gasteiger partial charge in [-0.25, -0.2) is 8.42 Å². The van der Waals surface area contributed by atoms with Crippen molar-refractivity contribution in [2.75, 3.05) is 24.1 Å². The van der Waals surface area contributed by atoms with Crippen LogP contribution >= 0.6 is 0 Å². The molecule has 0 aromatic heterocycles. The zero-order valence-corrected chi connectivity index (χ0v) is 15.3. The number of rotatable bonds is 5. The third kappa shape index (κ3) is 3.47. The standard InChI is InChI=1S/C19H28N2O2S/c1-24(22,23)20-17-5-2-4-16(12-17)19-9-3-6-18(13-19)21(11-10-19)14-15-7-8-15/h2,4-5,12,15,18,20H,3,6-11,13-14H2,1H3. The van der Waals surface area contributed by atoms with Crippen LogP contribution in [0.4, 0.5) is 5.69 Å². The molecule has 5 heteroatoms. The normalized spacial score (nSPS) is 31.0. The van der Waals surface area contributed by atoms with Crippen LogP contribution in [0.15, 0.2) is 24.3 Å². The predicted molar refractivity (Wildman–Crippen MR) is 97.8 cm³/mol. The third-order valence-electron chi connectivity index (χ3n) is 6.18. The van der Waals surface area contributed by atoms with Crippen molar-refractivity contribution in [3.8, 4) is 0 Å². The first-order chi connectivity index (χ1) is 11.4. The Labute approximate surface area is 145 Å². The van der Waals surface area contributed by atoms with Gasteiger partial charge in [0.25, 0.3) is 0 Å². The van der Waals surface area contributed by atoms with Gasteiger partial charge in [-0.3, -0.25) is 4.72 Å². The lowest BCUT2D eigenvalue weighted by Crippen LogP contribution is -2.52. The molecule has 2 saturated carbocycles. The molecule has 132 valence electrons. The van der Waals surface area contributed by atoms with Gasteiger partial charge in [-0.15, -0.1) is 0 Å².